The van der Waals surface area contributed by atoms with Gasteiger partial charge in [-0.25, -0.2) is 15.0 Å². The van der Waals surface area contributed by atoms with E-state index in [0.29, 0.717) is 11.6 Å². The molecule has 0 saturated heterocycles. The highest BCUT2D eigenvalue weighted by Crippen LogP contribution is 2.38. The topological polar surface area (TPSA) is 38.7 Å². The lowest BCUT2D eigenvalue weighted by Gasteiger charge is -2.15. The smallest absolute Gasteiger partial charge is 0.163 e. The average Bonchev–Trinajstić information content (AvgIpc) is 3.27. The fourth-order valence-electron chi connectivity index (χ4n) is 7.86. The number of allylic oxidation sites excluding steroid dienone is 4. The SMILES string of the molecule is C1=CCC(c2nc(-c3ccccc3)nc(-c3cccc(-c4cccc(-c5cccc(-c6ccc7c8ccccc8c8ccccc8c7c6)c5)c4)c3)n2)C=C1. The third-order valence-corrected chi connectivity index (χ3v) is 10.6. The molecule has 0 saturated carbocycles. The van der Waals surface area contributed by atoms with Crippen molar-refractivity contribution in [2.24, 2.45) is 0 Å². The molecule has 10 rings (SSSR count). The Labute approximate surface area is 314 Å². The molecule has 9 aromatic rings. The minimum Gasteiger partial charge on any atom is -0.212 e. The second kappa shape index (κ2) is 13.5. The van der Waals surface area contributed by atoms with Crippen LogP contribution in [0.3, 0.4) is 0 Å². The van der Waals surface area contributed by atoms with Crippen molar-refractivity contribution in [2.75, 3.05) is 0 Å². The zero-order chi connectivity index (χ0) is 35.8. The first-order chi connectivity index (χ1) is 26.7. The Balaban J connectivity index is 1.01. The van der Waals surface area contributed by atoms with Gasteiger partial charge in [-0.05, 0) is 96.4 Å². The molecular formula is C51H35N3. The van der Waals surface area contributed by atoms with Crippen LogP contribution in [0.2, 0.25) is 0 Å². The van der Waals surface area contributed by atoms with Gasteiger partial charge in [-0.3, -0.25) is 0 Å². The number of nitrogens with zero attached hydrogens (tertiary/aromatic N) is 3. The maximum absolute atomic E-state index is 5.03. The van der Waals surface area contributed by atoms with Crippen LogP contribution >= 0.6 is 0 Å². The molecule has 1 aromatic heterocycles. The molecule has 8 aromatic carbocycles. The molecule has 1 unspecified atom stereocenters. The van der Waals surface area contributed by atoms with Crippen LogP contribution in [-0.4, -0.2) is 15.0 Å². The highest BCUT2D eigenvalue weighted by Gasteiger charge is 2.18. The fraction of sp³-hybridized carbons (Fsp3) is 0.0392. The lowest BCUT2D eigenvalue weighted by molar-refractivity contribution is 0.764. The largest absolute Gasteiger partial charge is 0.212 e. The molecule has 1 aliphatic carbocycles. The van der Waals surface area contributed by atoms with Gasteiger partial charge in [0.15, 0.2) is 11.6 Å². The quantitative estimate of drug-likeness (QED) is 0.163. The Bertz CT molecular complexity index is 2890. The van der Waals surface area contributed by atoms with Gasteiger partial charge < -0.3 is 0 Å². The molecule has 3 heteroatoms. The molecule has 0 aliphatic heterocycles. The second-order valence-corrected chi connectivity index (χ2v) is 14.0. The van der Waals surface area contributed by atoms with E-state index in [9.17, 15) is 0 Å². The van der Waals surface area contributed by atoms with Crippen molar-refractivity contribution in [3.05, 3.63) is 200 Å². The molecule has 1 heterocycles. The van der Waals surface area contributed by atoms with Crippen molar-refractivity contribution >= 4 is 32.3 Å². The van der Waals surface area contributed by atoms with E-state index in [-0.39, 0.29) is 5.92 Å². The molecule has 3 nitrogen and oxygen atoms in total. The number of hydrogen-bond acceptors (Lipinski definition) is 3. The summed E-state index contributed by atoms with van der Waals surface area (Å²) in [6.45, 7) is 0. The monoisotopic (exact) mass is 689 g/mol. The van der Waals surface area contributed by atoms with Gasteiger partial charge >= 0.3 is 0 Å². The normalized spacial score (nSPS) is 13.9. The van der Waals surface area contributed by atoms with E-state index in [1.165, 1.54) is 54.6 Å². The number of hydrogen-bond donors (Lipinski definition) is 0. The van der Waals surface area contributed by atoms with Gasteiger partial charge in [0, 0.05) is 17.0 Å². The number of aromatic nitrogens is 3. The summed E-state index contributed by atoms with van der Waals surface area (Å²) in [6.07, 6.45) is 9.38. The summed E-state index contributed by atoms with van der Waals surface area (Å²) in [6, 6.07) is 60.9. The van der Waals surface area contributed by atoms with E-state index in [1.54, 1.807) is 0 Å². The third-order valence-electron chi connectivity index (χ3n) is 10.6. The Kier molecular flexibility index (Phi) is 7.96. The molecule has 1 aliphatic rings. The van der Waals surface area contributed by atoms with E-state index in [4.69, 9.17) is 15.0 Å². The van der Waals surface area contributed by atoms with Crippen molar-refractivity contribution in [1.29, 1.82) is 0 Å². The Morgan fingerprint density at radius 1 is 0.333 bits per heavy atom. The van der Waals surface area contributed by atoms with Crippen molar-refractivity contribution in [2.45, 2.75) is 12.3 Å². The summed E-state index contributed by atoms with van der Waals surface area (Å²) in [5, 5.41) is 7.73. The van der Waals surface area contributed by atoms with Gasteiger partial charge in [-0.15, -0.1) is 0 Å². The maximum Gasteiger partial charge on any atom is 0.163 e. The molecule has 0 radical (unpaired) electrons. The molecule has 0 N–H and O–H groups in total. The summed E-state index contributed by atoms with van der Waals surface area (Å²) in [5.41, 5.74) is 8.95. The lowest BCUT2D eigenvalue weighted by Crippen LogP contribution is -2.07. The molecular weight excluding hydrogens is 655 g/mol. The van der Waals surface area contributed by atoms with Crippen molar-refractivity contribution in [3.8, 4) is 56.2 Å². The summed E-state index contributed by atoms with van der Waals surface area (Å²) in [4.78, 5) is 15.0. The Morgan fingerprint density at radius 2 is 0.778 bits per heavy atom. The number of rotatable bonds is 6. The van der Waals surface area contributed by atoms with Crippen molar-refractivity contribution in [1.82, 2.24) is 15.0 Å². The van der Waals surface area contributed by atoms with E-state index < -0.39 is 0 Å². The van der Waals surface area contributed by atoms with Crippen molar-refractivity contribution in [3.63, 3.8) is 0 Å². The highest BCUT2D eigenvalue weighted by atomic mass is 15.0. The van der Waals surface area contributed by atoms with Crippen LogP contribution in [-0.2, 0) is 0 Å². The summed E-state index contributed by atoms with van der Waals surface area (Å²) >= 11 is 0. The lowest BCUT2D eigenvalue weighted by atomic mass is 9.91. The number of fused-ring (bicyclic) bond motifs is 6. The van der Waals surface area contributed by atoms with E-state index in [2.05, 4.69) is 176 Å². The van der Waals surface area contributed by atoms with Gasteiger partial charge in [0.05, 0.1) is 0 Å². The van der Waals surface area contributed by atoms with Crippen LogP contribution < -0.4 is 0 Å². The molecule has 0 bridgehead atoms. The summed E-state index contributed by atoms with van der Waals surface area (Å²) in [7, 11) is 0. The van der Waals surface area contributed by atoms with Crippen LogP contribution in [0.5, 0.6) is 0 Å². The minimum atomic E-state index is 0.115. The molecule has 0 amide bonds. The van der Waals surface area contributed by atoms with Crippen molar-refractivity contribution < 1.29 is 0 Å². The van der Waals surface area contributed by atoms with Gasteiger partial charge in [-0.1, -0.05) is 170 Å². The van der Waals surface area contributed by atoms with Gasteiger partial charge in [-0.2, -0.15) is 0 Å². The van der Waals surface area contributed by atoms with Crippen LogP contribution in [0.15, 0.2) is 194 Å². The molecule has 54 heavy (non-hydrogen) atoms. The van der Waals surface area contributed by atoms with Gasteiger partial charge in [0.1, 0.15) is 5.82 Å². The summed E-state index contributed by atoms with van der Waals surface area (Å²) < 4.78 is 0. The predicted molar refractivity (Wildman–Crippen MR) is 225 cm³/mol. The van der Waals surface area contributed by atoms with Crippen LogP contribution in [0.1, 0.15) is 18.2 Å². The Hall–Kier alpha value is -6.97. The number of benzene rings is 8. The van der Waals surface area contributed by atoms with Crippen LogP contribution in [0, 0.1) is 0 Å². The molecule has 0 spiro atoms. The molecule has 0 fully saturated rings. The molecule has 1 atom stereocenters. The first kappa shape index (κ1) is 31.7. The first-order valence-corrected chi connectivity index (χ1v) is 18.5. The zero-order valence-corrected chi connectivity index (χ0v) is 29.6. The highest BCUT2D eigenvalue weighted by molar-refractivity contribution is 6.25. The minimum absolute atomic E-state index is 0.115. The molecule has 254 valence electrons. The van der Waals surface area contributed by atoms with Gasteiger partial charge in [0.25, 0.3) is 0 Å². The first-order valence-electron chi connectivity index (χ1n) is 18.5. The average molecular weight is 690 g/mol. The summed E-state index contributed by atoms with van der Waals surface area (Å²) in [5.74, 6) is 2.28. The van der Waals surface area contributed by atoms with E-state index in [1.807, 2.05) is 18.2 Å². The van der Waals surface area contributed by atoms with E-state index >= 15 is 0 Å². The Morgan fingerprint density at radius 3 is 1.33 bits per heavy atom. The standard InChI is InChI=1S/C51H35N3/c1-3-14-34(15-4-1)49-52-50(35-16-5-2-6-17-35)54-51(53-49)42-23-13-22-40(32-42)38-20-11-18-36(30-38)37-19-12-21-39(31-37)41-28-29-47-45-26-8-7-24-43(45)44-25-9-10-27-46(44)48(47)33-41/h1-16,18-33,35H,17H2. The maximum atomic E-state index is 5.03. The second-order valence-electron chi connectivity index (χ2n) is 14.0. The fourth-order valence-corrected chi connectivity index (χ4v) is 7.86. The third kappa shape index (κ3) is 5.86. The van der Waals surface area contributed by atoms with Crippen LogP contribution in [0.4, 0.5) is 0 Å². The van der Waals surface area contributed by atoms with Crippen LogP contribution in [0.25, 0.3) is 88.5 Å². The zero-order valence-electron chi connectivity index (χ0n) is 29.6. The van der Waals surface area contributed by atoms with Gasteiger partial charge in [0.2, 0.25) is 0 Å². The predicted octanol–water partition coefficient (Wildman–Crippen LogP) is 13.3. The van der Waals surface area contributed by atoms with E-state index in [0.717, 1.165) is 34.5 Å².